The molecule has 0 aliphatic rings. The van der Waals surface area contributed by atoms with Crippen LogP contribution in [0.2, 0.25) is 0 Å². The van der Waals surface area contributed by atoms with Gasteiger partial charge in [0.1, 0.15) is 0 Å². The fraction of sp³-hybridized carbons (Fsp3) is 0. The Balaban J connectivity index is 1.38. The average Bonchev–Trinajstić information content (AvgIpc) is 3.62. The normalized spacial score (nSPS) is 12.1. The standard InChI is InChI=1S/C40H23N3S/c1-2-11-26-21-29(18-17-24(26)9-1)37-39-38(31-15-7-8-16-35(31)44-39)42-40(41-37)43-33-20-19-25-10-5-6-14-30(25)36(33)32-22-27-12-3-4-13-28(27)23-34(32)43/h1-23H. The zero-order valence-corrected chi connectivity index (χ0v) is 24.3. The average molecular weight is 578 g/mol. The summed E-state index contributed by atoms with van der Waals surface area (Å²) >= 11 is 1.77. The van der Waals surface area contributed by atoms with Crippen LogP contribution in [0, 0.1) is 0 Å². The molecule has 0 saturated heterocycles. The maximum absolute atomic E-state index is 5.44. The van der Waals surface area contributed by atoms with Gasteiger partial charge in [0.25, 0.3) is 0 Å². The molecule has 3 heterocycles. The molecule has 0 N–H and O–H groups in total. The molecule has 0 atom stereocenters. The number of fused-ring (bicyclic) bond motifs is 10. The van der Waals surface area contributed by atoms with E-state index in [0.717, 1.165) is 37.9 Å². The van der Waals surface area contributed by atoms with Gasteiger partial charge in [-0.2, -0.15) is 0 Å². The lowest BCUT2D eigenvalue weighted by Gasteiger charge is -2.11. The minimum Gasteiger partial charge on any atom is -0.278 e. The first kappa shape index (κ1) is 23.9. The summed E-state index contributed by atoms with van der Waals surface area (Å²) in [4.78, 5) is 10.8. The van der Waals surface area contributed by atoms with E-state index in [1.54, 1.807) is 11.3 Å². The Kier molecular flexibility index (Phi) is 4.87. The molecule has 3 aromatic heterocycles. The zero-order valence-electron chi connectivity index (χ0n) is 23.5. The summed E-state index contributed by atoms with van der Waals surface area (Å²) in [5.41, 5.74) is 5.28. The third kappa shape index (κ3) is 3.37. The molecule has 3 nitrogen and oxygen atoms in total. The van der Waals surface area contributed by atoms with Crippen molar-refractivity contribution < 1.29 is 0 Å². The van der Waals surface area contributed by atoms with Crippen LogP contribution in [0.4, 0.5) is 0 Å². The van der Waals surface area contributed by atoms with E-state index < -0.39 is 0 Å². The molecule has 10 rings (SSSR count). The number of thiophene rings is 1. The summed E-state index contributed by atoms with van der Waals surface area (Å²) in [6.07, 6.45) is 0. The number of nitrogens with zero attached hydrogens (tertiary/aromatic N) is 3. The molecule has 0 bridgehead atoms. The number of hydrogen-bond acceptors (Lipinski definition) is 3. The van der Waals surface area contributed by atoms with Gasteiger partial charge in [-0.05, 0) is 62.6 Å². The second-order valence-electron chi connectivity index (χ2n) is 11.4. The summed E-state index contributed by atoms with van der Waals surface area (Å²) in [6, 6.07) is 50.1. The van der Waals surface area contributed by atoms with Gasteiger partial charge in [0, 0.05) is 26.4 Å². The highest BCUT2D eigenvalue weighted by Crippen LogP contribution is 2.42. The smallest absolute Gasteiger partial charge is 0.235 e. The maximum atomic E-state index is 5.44. The summed E-state index contributed by atoms with van der Waals surface area (Å²) in [5.74, 6) is 0.690. The molecule has 10 aromatic rings. The largest absolute Gasteiger partial charge is 0.278 e. The van der Waals surface area contributed by atoms with Crippen LogP contribution >= 0.6 is 11.3 Å². The second kappa shape index (κ2) is 8.96. The van der Waals surface area contributed by atoms with Crippen molar-refractivity contribution in [2.45, 2.75) is 0 Å². The zero-order chi connectivity index (χ0) is 28.8. The van der Waals surface area contributed by atoms with Gasteiger partial charge in [-0.25, -0.2) is 9.97 Å². The fourth-order valence-corrected chi connectivity index (χ4v) is 8.05. The van der Waals surface area contributed by atoms with E-state index in [-0.39, 0.29) is 0 Å². The number of aromatic nitrogens is 3. The minimum atomic E-state index is 0.690. The Hall–Kier alpha value is -5.58. The van der Waals surface area contributed by atoms with Crippen LogP contribution in [0.15, 0.2) is 140 Å². The van der Waals surface area contributed by atoms with Gasteiger partial charge in [0.05, 0.1) is 26.9 Å². The molecule has 0 unspecified atom stereocenters. The highest BCUT2D eigenvalue weighted by Gasteiger charge is 2.21. The first-order chi connectivity index (χ1) is 21.8. The van der Waals surface area contributed by atoms with Crippen molar-refractivity contribution in [1.82, 2.24) is 14.5 Å². The predicted molar refractivity (Wildman–Crippen MR) is 187 cm³/mol. The monoisotopic (exact) mass is 577 g/mol. The highest BCUT2D eigenvalue weighted by molar-refractivity contribution is 7.26. The van der Waals surface area contributed by atoms with E-state index in [0.29, 0.717) is 5.95 Å². The topological polar surface area (TPSA) is 30.7 Å². The molecular weight excluding hydrogens is 555 g/mol. The lowest BCUT2D eigenvalue weighted by atomic mass is 10.0. The Morgan fingerprint density at radius 3 is 1.98 bits per heavy atom. The van der Waals surface area contributed by atoms with Crippen molar-refractivity contribution in [1.29, 1.82) is 0 Å². The highest BCUT2D eigenvalue weighted by atomic mass is 32.1. The quantitative estimate of drug-likeness (QED) is 0.205. The van der Waals surface area contributed by atoms with Gasteiger partial charge >= 0.3 is 0 Å². The minimum absolute atomic E-state index is 0.690. The van der Waals surface area contributed by atoms with Crippen LogP contribution in [0.1, 0.15) is 0 Å². The Labute approximate surface area is 256 Å². The molecular formula is C40H23N3S. The van der Waals surface area contributed by atoms with Crippen molar-refractivity contribution in [2.75, 3.05) is 0 Å². The first-order valence-electron chi connectivity index (χ1n) is 14.8. The van der Waals surface area contributed by atoms with Crippen molar-refractivity contribution >= 4 is 85.8 Å². The molecule has 7 aromatic carbocycles. The second-order valence-corrected chi connectivity index (χ2v) is 12.5. The van der Waals surface area contributed by atoms with Gasteiger partial charge in [0.2, 0.25) is 5.95 Å². The van der Waals surface area contributed by atoms with E-state index in [4.69, 9.17) is 9.97 Å². The molecule has 0 spiro atoms. The Morgan fingerprint density at radius 2 is 1.14 bits per heavy atom. The Bertz CT molecular complexity index is 2790. The van der Waals surface area contributed by atoms with Gasteiger partial charge in [0.15, 0.2) is 0 Å². The molecule has 0 saturated carbocycles. The van der Waals surface area contributed by atoms with E-state index in [2.05, 4.69) is 144 Å². The molecule has 0 aliphatic heterocycles. The number of hydrogen-bond donors (Lipinski definition) is 0. The van der Waals surface area contributed by atoms with Crippen molar-refractivity contribution in [3.05, 3.63) is 140 Å². The maximum Gasteiger partial charge on any atom is 0.235 e. The first-order valence-corrected chi connectivity index (χ1v) is 15.7. The summed E-state index contributed by atoms with van der Waals surface area (Å²) in [6.45, 7) is 0. The van der Waals surface area contributed by atoms with Gasteiger partial charge < -0.3 is 0 Å². The van der Waals surface area contributed by atoms with Crippen LogP contribution in [0.5, 0.6) is 0 Å². The molecule has 0 radical (unpaired) electrons. The van der Waals surface area contributed by atoms with Gasteiger partial charge in [-0.3, -0.25) is 4.57 Å². The van der Waals surface area contributed by atoms with E-state index in [1.807, 2.05) is 0 Å². The SMILES string of the molecule is c1ccc2cc(-c3nc(-n4c5cc6ccccc6cc5c5c6ccccc6ccc54)nc4c3sc3ccccc34)ccc2c1. The van der Waals surface area contributed by atoms with Crippen LogP contribution in [0.3, 0.4) is 0 Å². The lowest BCUT2D eigenvalue weighted by Crippen LogP contribution is -2.02. The lowest BCUT2D eigenvalue weighted by molar-refractivity contribution is 1.02. The number of rotatable bonds is 2. The van der Waals surface area contributed by atoms with Crippen LogP contribution in [0.25, 0.3) is 91.6 Å². The fourth-order valence-electron chi connectivity index (χ4n) is 6.90. The van der Waals surface area contributed by atoms with Gasteiger partial charge in [-0.1, -0.05) is 109 Å². The molecule has 0 fully saturated rings. The summed E-state index contributed by atoms with van der Waals surface area (Å²) in [5, 5.41) is 10.9. The Morgan fingerprint density at radius 1 is 0.477 bits per heavy atom. The predicted octanol–water partition coefficient (Wildman–Crippen LogP) is 11.1. The van der Waals surface area contributed by atoms with E-state index >= 15 is 0 Å². The summed E-state index contributed by atoms with van der Waals surface area (Å²) in [7, 11) is 0. The number of benzene rings is 7. The molecule has 204 valence electrons. The van der Waals surface area contributed by atoms with Crippen LogP contribution in [-0.4, -0.2) is 14.5 Å². The van der Waals surface area contributed by atoms with Gasteiger partial charge in [-0.15, -0.1) is 11.3 Å². The van der Waals surface area contributed by atoms with Crippen molar-refractivity contribution in [3.8, 4) is 17.2 Å². The van der Waals surface area contributed by atoms with E-state index in [1.165, 1.54) is 47.8 Å². The van der Waals surface area contributed by atoms with Crippen molar-refractivity contribution in [3.63, 3.8) is 0 Å². The molecule has 0 aliphatic carbocycles. The molecule has 0 amide bonds. The van der Waals surface area contributed by atoms with E-state index in [9.17, 15) is 0 Å². The third-order valence-electron chi connectivity index (χ3n) is 8.95. The molecule has 4 heteroatoms. The molecule has 44 heavy (non-hydrogen) atoms. The van der Waals surface area contributed by atoms with Crippen molar-refractivity contribution in [2.24, 2.45) is 0 Å². The summed E-state index contributed by atoms with van der Waals surface area (Å²) < 4.78 is 4.61. The third-order valence-corrected chi connectivity index (χ3v) is 10.1. The van der Waals surface area contributed by atoms with Crippen LogP contribution in [-0.2, 0) is 0 Å². The van der Waals surface area contributed by atoms with Crippen LogP contribution < -0.4 is 0 Å².